The van der Waals surface area contributed by atoms with Crippen LogP contribution in [-0.2, 0) is 16.1 Å². The SMILES string of the molecule is C=CCOc1ccc(C(O)=C2C(=O)C(=O)N(Cc3ccco3)[C@@H]2c2ccc(O)cc2)cc1. The summed E-state index contributed by atoms with van der Waals surface area (Å²) in [5, 5.41) is 20.7. The van der Waals surface area contributed by atoms with Gasteiger partial charge in [0.25, 0.3) is 11.7 Å². The van der Waals surface area contributed by atoms with Crippen LogP contribution < -0.4 is 4.74 Å². The normalized spacial score (nSPS) is 17.5. The second kappa shape index (κ2) is 8.85. The molecule has 7 heteroatoms. The Balaban J connectivity index is 1.78. The van der Waals surface area contributed by atoms with Crippen LogP contribution in [0.4, 0.5) is 0 Å². The molecule has 2 N–H and O–H groups in total. The minimum atomic E-state index is -0.850. The zero-order valence-corrected chi connectivity index (χ0v) is 17.1. The smallest absolute Gasteiger partial charge is 0.296 e. The maximum Gasteiger partial charge on any atom is 0.296 e. The minimum Gasteiger partial charge on any atom is -0.508 e. The van der Waals surface area contributed by atoms with Crippen LogP contribution in [0.1, 0.15) is 22.9 Å². The Labute approximate surface area is 184 Å². The average molecular weight is 431 g/mol. The lowest BCUT2D eigenvalue weighted by atomic mass is 9.95. The number of benzene rings is 2. The first kappa shape index (κ1) is 21.0. The summed E-state index contributed by atoms with van der Waals surface area (Å²) in [6, 6.07) is 15.2. The monoisotopic (exact) mass is 431 g/mol. The molecule has 3 aromatic rings. The number of amides is 1. The van der Waals surface area contributed by atoms with E-state index in [-0.39, 0.29) is 23.6 Å². The number of phenolic OH excluding ortho intramolecular Hbond substituents is 1. The van der Waals surface area contributed by atoms with E-state index in [0.717, 1.165) is 0 Å². The van der Waals surface area contributed by atoms with Crippen LogP contribution in [-0.4, -0.2) is 33.4 Å². The fourth-order valence-corrected chi connectivity index (χ4v) is 3.64. The van der Waals surface area contributed by atoms with Crippen molar-refractivity contribution in [1.82, 2.24) is 4.90 Å². The predicted octanol–water partition coefficient (Wildman–Crippen LogP) is 4.17. The van der Waals surface area contributed by atoms with Gasteiger partial charge in [0.15, 0.2) is 0 Å². The van der Waals surface area contributed by atoms with E-state index in [9.17, 15) is 19.8 Å². The first-order valence-electron chi connectivity index (χ1n) is 9.93. The number of furan rings is 1. The summed E-state index contributed by atoms with van der Waals surface area (Å²) in [4.78, 5) is 27.3. The average Bonchev–Trinajstić information content (AvgIpc) is 3.41. The van der Waals surface area contributed by atoms with Gasteiger partial charge in [-0.3, -0.25) is 9.59 Å². The maximum atomic E-state index is 13.0. The van der Waals surface area contributed by atoms with Gasteiger partial charge in [-0.05, 0) is 54.1 Å². The van der Waals surface area contributed by atoms with E-state index in [1.165, 1.54) is 23.3 Å². The highest BCUT2D eigenvalue weighted by molar-refractivity contribution is 6.46. The minimum absolute atomic E-state index is 0.0352. The maximum absolute atomic E-state index is 13.0. The number of phenols is 1. The number of ketones is 1. The molecule has 7 nitrogen and oxygen atoms in total. The number of hydrogen-bond donors (Lipinski definition) is 2. The number of nitrogens with zero attached hydrogens (tertiary/aromatic N) is 1. The van der Waals surface area contributed by atoms with E-state index < -0.39 is 17.7 Å². The third-order valence-corrected chi connectivity index (χ3v) is 5.15. The van der Waals surface area contributed by atoms with Gasteiger partial charge in [0.1, 0.15) is 29.6 Å². The van der Waals surface area contributed by atoms with Crippen LogP contribution in [0, 0.1) is 0 Å². The summed E-state index contributed by atoms with van der Waals surface area (Å²) in [5.74, 6) is -0.703. The van der Waals surface area contributed by atoms with E-state index in [2.05, 4.69) is 6.58 Å². The molecule has 162 valence electrons. The number of aliphatic hydroxyl groups excluding tert-OH is 1. The first-order chi connectivity index (χ1) is 15.5. The molecule has 0 aliphatic carbocycles. The quantitative estimate of drug-likeness (QED) is 0.252. The topological polar surface area (TPSA) is 100 Å². The molecule has 1 aliphatic heterocycles. The van der Waals surface area contributed by atoms with Crippen molar-refractivity contribution in [3.63, 3.8) is 0 Å². The molecule has 1 fully saturated rings. The molecule has 1 amide bonds. The van der Waals surface area contributed by atoms with Gasteiger partial charge in [0.2, 0.25) is 0 Å². The van der Waals surface area contributed by atoms with Gasteiger partial charge in [0.05, 0.1) is 24.4 Å². The molecule has 0 spiro atoms. The molecule has 0 saturated carbocycles. The van der Waals surface area contributed by atoms with Crippen molar-refractivity contribution in [2.24, 2.45) is 0 Å². The van der Waals surface area contributed by atoms with Gasteiger partial charge < -0.3 is 24.3 Å². The van der Waals surface area contributed by atoms with E-state index >= 15 is 0 Å². The van der Waals surface area contributed by atoms with Crippen molar-refractivity contribution in [3.8, 4) is 11.5 Å². The van der Waals surface area contributed by atoms with E-state index in [4.69, 9.17) is 9.15 Å². The van der Waals surface area contributed by atoms with Gasteiger partial charge >= 0.3 is 0 Å². The summed E-state index contributed by atoms with van der Waals surface area (Å²) in [6.07, 6.45) is 3.10. The van der Waals surface area contributed by atoms with E-state index in [1.54, 1.807) is 54.6 Å². The third kappa shape index (κ3) is 4.00. The Morgan fingerprint density at radius 2 is 1.81 bits per heavy atom. The van der Waals surface area contributed by atoms with Crippen LogP contribution in [0.2, 0.25) is 0 Å². The summed E-state index contributed by atoms with van der Waals surface area (Å²) in [6.45, 7) is 3.98. The van der Waals surface area contributed by atoms with Crippen molar-refractivity contribution in [2.45, 2.75) is 12.6 Å². The largest absolute Gasteiger partial charge is 0.508 e. The summed E-state index contributed by atoms with van der Waals surface area (Å²) >= 11 is 0. The molecule has 1 aliphatic rings. The highest BCUT2D eigenvalue weighted by Gasteiger charge is 2.46. The van der Waals surface area contributed by atoms with Gasteiger partial charge in [-0.15, -0.1) is 0 Å². The molecule has 0 radical (unpaired) electrons. The Kier molecular flexibility index (Phi) is 5.81. The standard InChI is InChI=1S/C25H21NO6/c1-2-13-31-19-11-7-17(8-12-19)23(28)21-22(16-5-9-18(27)10-6-16)26(25(30)24(21)29)15-20-4-3-14-32-20/h2-12,14,22,27-28H,1,13,15H2/t22-/m1/s1. The van der Waals surface area contributed by atoms with Gasteiger partial charge in [0, 0.05) is 5.56 Å². The second-order valence-corrected chi connectivity index (χ2v) is 7.22. The zero-order valence-electron chi connectivity index (χ0n) is 17.1. The van der Waals surface area contributed by atoms with Crippen LogP contribution in [0.15, 0.2) is 89.6 Å². The fraction of sp³-hybridized carbons (Fsp3) is 0.120. The van der Waals surface area contributed by atoms with Crippen molar-refractivity contribution < 1.29 is 29.0 Å². The van der Waals surface area contributed by atoms with Gasteiger partial charge in [-0.25, -0.2) is 0 Å². The van der Waals surface area contributed by atoms with Crippen LogP contribution in [0.3, 0.4) is 0 Å². The highest BCUT2D eigenvalue weighted by Crippen LogP contribution is 2.40. The van der Waals surface area contributed by atoms with Crippen LogP contribution in [0.5, 0.6) is 11.5 Å². The first-order valence-corrected chi connectivity index (χ1v) is 9.93. The second-order valence-electron chi connectivity index (χ2n) is 7.22. The van der Waals surface area contributed by atoms with Crippen molar-refractivity contribution >= 4 is 17.4 Å². The van der Waals surface area contributed by atoms with E-state index in [0.29, 0.717) is 29.2 Å². The van der Waals surface area contributed by atoms with Gasteiger partial charge in [-0.2, -0.15) is 0 Å². The third-order valence-electron chi connectivity index (χ3n) is 5.15. The number of carbonyl (C=O) groups excluding carboxylic acids is 2. The van der Waals surface area contributed by atoms with E-state index in [1.807, 2.05) is 0 Å². The molecular weight excluding hydrogens is 410 g/mol. The zero-order chi connectivity index (χ0) is 22.7. The van der Waals surface area contributed by atoms with Crippen molar-refractivity contribution in [3.05, 3.63) is 102 Å². The Morgan fingerprint density at radius 1 is 1.09 bits per heavy atom. The van der Waals surface area contributed by atoms with Crippen molar-refractivity contribution in [1.29, 1.82) is 0 Å². The number of aliphatic hydroxyl groups is 1. The Bertz CT molecular complexity index is 1160. The fourth-order valence-electron chi connectivity index (χ4n) is 3.64. The number of hydrogen-bond acceptors (Lipinski definition) is 6. The number of rotatable bonds is 7. The highest BCUT2D eigenvalue weighted by atomic mass is 16.5. The molecule has 1 saturated heterocycles. The summed E-state index contributed by atoms with van der Waals surface area (Å²) in [7, 11) is 0. The number of carbonyl (C=O) groups is 2. The lowest BCUT2D eigenvalue weighted by molar-refractivity contribution is -0.140. The number of ether oxygens (including phenoxy) is 1. The lowest BCUT2D eigenvalue weighted by Crippen LogP contribution is -2.29. The number of aromatic hydroxyl groups is 1. The molecular formula is C25H21NO6. The Hall–Kier alpha value is -4.26. The Morgan fingerprint density at radius 3 is 2.44 bits per heavy atom. The molecule has 2 aromatic carbocycles. The molecule has 0 unspecified atom stereocenters. The van der Waals surface area contributed by atoms with Crippen LogP contribution in [0.25, 0.3) is 5.76 Å². The van der Waals surface area contributed by atoms with Gasteiger partial charge in [-0.1, -0.05) is 24.8 Å². The number of Topliss-reactive ketones (excluding diaryl/α,β-unsaturated/α-hetero) is 1. The predicted molar refractivity (Wildman–Crippen MR) is 117 cm³/mol. The molecule has 0 bridgehead atoms. The summed E-state index contributed by atoms with van der Waals surface area (Å²) in [5.41, 5.74) is 0.906. The number of likely N-dealkylation sites (tertiary alicyclic amines) is 1. The molecule has 4 rings (SSSR count). The van der Waals surface area contributed by atoms with Crippen LogP contribution >= 0.6 is 0 Å². The van der Waals surface area contributed by atoms with Crippen molar-refractivity contribution in [2.75, 3.05) is 6.61 Å². The summed E-state index contributed by atoms with van der Waals surface area (Å²) < 4.78 is 10.8. The molecule has 32 heavy (non-hydrogen) atoms. The molecule has 1 atom stereocenters. The molecule has 2 heterocycles. The molecule has 1 aromatic heterocycles. The lowest BCUT2D eigenvalue weighted by Gasteiger charge is -2.24.